The molecule has 5 aromatic carbocycles. The third-order valence-corrected chi connectivity index (χ3v) is 10.0. The van der Waals surface area contributed by atoms with Gasteiger partial charge in [0.15, 0.2) is 0 Å². The first-order valence-electron chi connectivity index (χ1n) is 27.8. The number of hydrogen-bond donors (Lipinski definition) is 6. The number of aliphatic hydroxyl groups is 1. The maximum Gasteiger partial charge on any atom is 0.491 e. The predicted octanol–water partition coefficient (Wildman–Crippen LogP) is 8.95. The Morgan fingerprint density at radius 2 is 0.628 bits per heavy atom. The molecule has 0 fully saturated rings. The molecular formula is C61H110B5NO10S. The molecule has 10 rings (SSSR count). The fraction of sp³-hybridized carbons (Fsp3) is 0.508. The Hall–Kier alpha value is -3.67. The van der Waals surface area contributed by atoms with Crippen molar-refractivity contribution in [3.8, 4) is 0 Å². The van der Waals surface area contributed by atoms with E-state index in [0.29, 0.717) is 13.2 Å². The van der Waals surface area contributed by atoms with Crippen molar-refractivity contribution in [2.45, 2.75) is 142 Å². The highest BCUT2D eigenvalue weighted by Gasteiger charge is 2.27. The lowest BCUT2D eigenvalue weighted by Gasteiger charge is -1.96. The van der Waals surface area contributed by atoms with Crippen molar-refractivity contribution in [2.75, 3.05) is 68.2 Å². The molecule has 5 aliphatic heterocycles. The van der Waals surface area contributed by atoms with Crippen LogP contribution in [0.25, 0.3) is 0 Å². The van der Waals surface area contributed by atoms with E-state index in [9.17, 15) is 15.1 Å². The number of benzene rings is 5. The largest absolute Gasteiger partial charge is 0.491 e. The maximum absolute atomic E-state index is 9.38. The van der Waals surface area contributed by atoms with Crippen LogP contribution >= 0.6 is 11.8 Å². The Morgan fingerprint density at radius 3 is 0.808 bits per heavy atom. The lowest BCUT2D eigenvalue weighted by molar-refractivity contribution is 0.215. The summed E-state index contributed by atoms with van der Waals surface area (Å²) in [6.07, 6.45) is 9.91. The summed E-state index contributed by atoms with van der Waals surface area (Å²) in [6.45, 7) is 25.2. The number of nitrogens with zero attached hydrogens (tertiary/aromatic N) is 1. The average molecular weight is 1100 g/mol. The van der Waals surface area contributed by atoms with Crippen LogP contribution in [0.4, 0.5) is 0 Å². The molecule has 6 N–H and O–H groups in total. The topological polar surface area (TPSA) is 162 Å². The van der Waals surface area contributed by atoms with Gasteiger partial charge in [-0.1, -0.05) is 215 Å². The summed E-state index contributed by atoms with van der Waals surface area (Å²) in [5.74, 6) is 0. The normalized spacial score (nSPS) is 11.9. The molecule has 0 unspecified atom stereocenters. The van der Waals surface area contributed by atoms with Gasteiger partial charge < -0.3 is 53.9 Å². The van der Waals surface area contributed by atoms with Crippen molar-refractivity contribution in [1.29, 1.82) is 0 Å². The molecule has 440 valence electrons. The second kappa shape index (κ2) is 61.0. The highest BCUT2D eigenvalue weighted by molar-refractivity contribution is 7.97. The fourth-order valence-electron chi connectivity index (χ4n) is 6.93. The van der Waals surface area contributed by atoms with Gasteiger partial charge in [-0.3, -0.25) is 0 Å². The van der Waals surface area contributed by atoms with E-state index in [1.807, 2.05) is 218 Å². The Balaban J connectivity index is -0.000000186. The minimum atomic E-state index is -0.698. The summed E-state index contributed by atoms with van der Waals surface area (Å²) in [7, 11) is 9.53. The molecule has 0 aromatic heterocycles. The lowest BCUT2D eigenvalue weighted by Crippen LogP contribution is -2.27. The minimum absolute atomic E-state index is 0. The van der Waals surface area contributed by atoms with E-state index >= 15 is 0 Å². The summed E-state index contributed by atoms with van der Waals surface area (Å²) in [4.78, 5) is 2.00. The molecule has 0 saturated heterocycles. The van der Waals surface area contributed by atoms with Crippen molar-refractivity contribution < 1.29 is 49.0 Å². The third-order valence-electron chi connectivity index (χ3n) is 10.0. The summed E-state index contributed by atoms with van der Waals surface area (Å²) < 4.78 is 18.7. The van der Waals surface area contributed by atoms with Crippen LogP contribution in [-0.4, -0.2) is 138 Å². The number of ether oxygens (including phenoxy) is 2. The van der Waals surface area contributed by atoms with Gasteiger partial charge in [0.1, 0.15) is 0 Å². The highest BCUT2D eigenvalue weighted by atomic mass is 32.2. The Kier molecular flexibility index (Phi) is 66.9. The first kappa shape index (κ1) is 85.6. The molecule has 0 bridgehead atoms. The van der Waals surface area contributed by atoms with E-state index in [1.54, 1.807) is 40.0 Å². The minimum Gasteiger partial charge on any atom is -0.446 e. The summed E-state index contributed by atoms with van der Waals surface area (Å²) in [5.41, 5.74) is 11.3. The van der Waals surface area contributed by atoms with Gasteiger partial charge in [0.2, 0.25) is 0 Å². The number of rotatable bonds is 1. The van der Waals surface area contributed by atoms with Crippen LogP contribution in [0.2, 0.25) is 19.0 Å². The van der Waals surface area contributed by atoms with Gasteiger partial charge in [-0.25, -0.2) is 0 Å². The molecular weight excluding hydrogens is 993 g/mol. The summed E-state index contributed by atoms with van der Waals surface area (Å²) in [5, 5.41) is 54.0. The number of aliphatic hydroxyl groups excluding tert-OH is 1. The van der Waals surface area contributed by atoms with Gasteiger partial charge in [0, 0.05) is 34.5 Å². The molecule has 0 aliphatic carbocycles. The SMILES string of the molecule is C.CC.CC.CC.CC.CC.CCO.CCOC.CN(C)C.COC.CSC.OB1CCc2ccccc21.OB1CCc2ccccc21.OB1CCc2ccccc21.OB1OCc2ccccc21.OB1OCc2ccccc21. The molecule has 0 radical (unpaired) electrons. The van der Waals surface area contributed by atoms with Crippen LogP contribution in [0, 0.1) is 0 Å². The molecule has 78 heavy (non-hydrogen) atoms. The number of hydrogen-bond acceptors (Lipinski definition) is 12. The third kappa shape index (κ3) is 38.9. The first-order chi connectivity index (χ1) is 37.3. The summed E-state index contributed by atoms with van der Waals surface area (Å²) in [6, 6.07) is 39.7. The number of aryl methyl sites for hydroxylation is 3. The standard InChI is InChI=1S/3C8H9BO.2C7H7BO2.C3H9N.C3H8O.2C2H6O.C2H6S.5C2H6.CH4/c3*10-9-6-5-7-3-1-2-4-8(7)9;2*9-8-7-4-2-1-3-6(7)5-10-8;1-4(2)3;1-3-4-2;1-3-2;1-2-3;1-3-2;5*1-2;/h3*1-4,10H,5-6H2;2*1-4,9H,5H2;1-3H3;3H2,1-2H3;1-2H3;3H,2H2,1H3;1-2H3;5*1-2H3;1H4. The zero-order chi connectivity index (χ0) is 60.0. The van der Waals surface area contributed by atoms with Gasteiger partial charge in [-0.15, -0.1) is 0 Å². The number of thioether (sulfide) groups is 1. The van der Waals surface area contributed by atoms with Crippen molar-refractivity contribution in [2.24, 2.45) is 0 Å². The van der Waals surface area contributed by atoms with Crippen LogP contribution in [0.15, 0.2) is 121 Å². The second-order valence-electron chi connectivity index (χ2n) is 16.0. The van der Waals surface area contributed by atoms with Gasteiger partial charge in [-0.2, -0.15) is 11.8 Å². The predicted molar refractivity (Wildman–Crippen MR) is 351 cm³/mol. The zero-order valence-corrected chi connectivity index (χ0v) is 52.5. The van der Waals surface area contributed by atoms with Crippen LogP contribution in [0.5, 0.6) is 0 Å². The van der Waals surface area contributed by atoms with Crippen LogP contribution in [0.3, 0.4) is 0 Å². The lowest BCUT2D eigenvalue weighted by atomic mass is 9.63. The number of fused-ring (bicyclic) bond motifs is 5. The van der Waals surface area contributed by atoms with E-state index in [-0.39, 0.29) is 34.8 Å². The van der Waals surface area contributed by atoms with Crippen LogP contribution in [0.1, 0.15) is 118 Å². The maximum atomic E-state index is 9.38. The fourth-order valence-corrected chi connectivity index (χ4v) is 6.93. The molecule has 5 heterocycles. The molecule has 5 aromatic rings. The zero-order valence-electron chi connectivity index (χ0n) is 51.7. The average Bonchev–Trinajstić information content (AvgIpc) is 4.33. The Bertz CT molecular complexity index is 1710. The van der Waals surface area contributed by atoms with Gasteiger partial charge >= 0.3 is 35.0 Å². The second-order valence-corrected chi connectivity index (χ2v) is 16.9. The molecule has 0 amide bonds. The Morgan fingerprint density at radius 1 is 0.449 bits per heavy atom. The highest BCUT2D eigenvalue weighted by Crippen LogP contribution is 2.14. The van der Waals surface area contributed by atoms with Crippen LogP contribution < -0.4 is 27.3 Å². The van der Waals surface area contributed by atoms with Crippen molar-refractivity contribution in [3.05, 3.63) is 149 Å². The van der Waals surface area contributed by atoms with Gasteiger partial charge in [-0.05, 0) is 124 Å². The molecule has 17 heteroatoms. The van der Waals surface area contributed by atoms with Gasteiger partial charge in [0.25, 0.3) is 0 Å². The quantitative estimate of drug-likeness (QED) is 0.0887. The van der Waals surface area contributed by atoms with E-state index in [1.165, 1.54) is 16.7 Å². The van der Waals surface area contributed by atoms with Gasteiger partial charge in [0.05, 0.1) is 13.2 Å². The molecule has 0 atom stereocenters. The van der Waals surface area contributed by atoms with E-state index in [0.717, 1.165) is 83.3 Å². The van der Waals surface area contributed by atoms with Crippen LogP contribution in [-0.2, 0) is 51.3 Å². The van der Waals surface area contributed by atoms with Crippen molar-refractivity contribution in [1.82, 2.24) is 4.90 Å². The van der Waals surface area contributed by atoms with Crippen molar-refractivity contribution in [3.63, 3.8) is 0 Å². The smallest absolute Gasteiger partial charge is 0.446 e. The molecule has 5 aliphatic rings. The monoisotopic (exact) mass is 1100 g/mol. The molecule has 0 spiro atoms. The van der Waals surface area contributed by atoms with Crippen molar-refractivity contribution >= 4 is 74.1 Å². The molecule has 11 nitrogen and oxygen atoms in total. The summed E-state index contributed by atoms with van der Waals surface area (Å²) >= 11 is 1.75. The number of methoxy groups -OCH3 is 2. The van der Waals surface area contributed by atoms with E-state index in [4.69, 9.17) is 24.5 Å². The van der Waals surface area contributed by atoms with E-state index < -0.39 is 14.2 Å². The first-order valence-corrected chi connectivity index (χ1v) is 29.4. The Labute approximate surface area is 484 Å². The molecule has 0 saturated carbocycles. The van der Waals surface area contributed by atoms with E-state index in [2.05, 4.69) is 27.7 Å².